The molecule has 0 saturated heterocycles. The van der Waals surface area contributed by atoms with E-state index in [2.05, 4.69) is 27.8 Å². The Bertz CT molecular complexity index is 1150. The first kappa shape index (κ1) is 17.9. The van der Waals surface area contributed by atoms with Crippen molar-refractivity contribution in [2.45, 2.75) is 13.3 Å². The quantitative estimate of drug-likeness (QED) is 0.422. The van der Waals surface area contributed by atoms with Crippen LogP contribution in [0.15, 0.2) is 63.9 Å². The highest BCUT2D eigenvalue weighted by atomic mass is 79.9. The third-order valence-electron chi connectivity index (χ3n) is 4.12. The molecule has 0 spiro atoms. The molecular formula is C21H17BrN2O2S. The van der Waals surface area contributed by atoms with E-state index >= 15 is 0 Å². The van der Waals surface area contributed by atoms with Crippen LogP contribution in [0.25, 0.3) is 32.0 Å². The molecule has 4 aromatic rings. The van der Waals surface area contributed by atoms with Gasteiger partial charge in [0, 0.05) is 9.35 Å². The molecule has 0 saturated carbocycles. The lowest BCUT2D eigenvalue weighted by Gasteiger charge is -2.11. The Labute approximate surface area is 169 Å². The Kier molecular flexibility index (Phi) is 5.09. The summed E-state index contributed by atoms with van der Waals surface area (Å²) in [5.41, 5.74) is 1.71. The Morgan fingerprint density at radius 3 is 2.74 bits per heavy atom. The monoisotopic (exact) mass is 440 g/mol. The van der Waals surface area contributed by atoms with Gasteiger partial charge in [-0.2, -0.15) is 0 Å². The fourth-order valence-electron chi connectivity index (χ4n) is 2.83. The normalized spacial score (nSPS) is 11.0. The number of H-pyrrole nitrogens is 1. The zero-order valence-corrected chi connectivity index (χ0v) is 17.1. The molecule has 0 unspecified atom stereocenters. The number of nitrogens with zero attached hydrogens (tertiary/aromatic N) is 1. The third-order valence-corrected chi connectivity index (χ3v) is 5.69. The summed E-state index contributed by atoms with van der Waals surface area (Å²) in [6, 6.07) is 17.7. The van der Waals surface area contributed by atoms with Crippen LogP contribution in [0.3, 0.4) is 0 Å². The van der Waals surface area contributed by atoms with Gasteiger partial charge in [0.1, 0.15) is 16.4 Å². The van der Waals surface area contributed by atoms with Crippen molar-refractivity contribution < 1.29 is 4.74 Å². The topological polar surface area (TPSA) is 55.0 Å². The van der Waals surface area contributed by atoms with Gasteiger partial charge in [-0.3, -0.25) is 4.79 Å². The molecule has 27 heavy (non-hydrogen) atoms. The van der Waals surface area contributed by atoms with Gasteiger partial charge < -0.3 is 9.72 Å². The Hall–Kier alpha value is -2.44. The predicted octanol–water partition coefficient (Wildman–Crippen LogP) is 5.87. The lowest BCUT2D eigenvalue weighted by Crippen LogP contribution is -2.09. The average molecular weight is 441 g/mol. The van der Waals surface area contributed by atoms with E-state index < -0.39 is 0 Å². The molecule has 0 radical (unpaired) electrons. The van der Waals surface area contributed by atoms with Gasteiger partial charge in [0.25, 0.3) is 5.56 Å². The summed E-state index contributed by atoms with van der Waals surface area (Å²) in [5.74, 6) is 1.23. The van der Waals surface area contributed by atoms with Gasteiger partial charge in [0.2, 0.25) is 0 Å². The van der Waals surface area contributed by atoms with Crippen LogP contribution in [0.1, 0.15) is 13.3 Å². The van der Waals surface area contributed by atoms with Crippen molar-refractivity contribution in [3.63, 3.8) is 0 Å². The molecule has 2 aromatic heterocycles. The van der Waals surface area contributed by atoms with E-state index in [0.717, 1.165) is 26.9 Å². The lowest BCUT2D eigenvalue weighted by atomic mass is 10.1. The van der Waals surface area contributed by atoms with Gasteiger partial charge in [-0.05, 0) is 36.2 Å². The van der Waals surface area contributed by atoms with E-state index in [9.17, 15) is 4.79 Å². The van der Waals surface area contributed by atoms with E-state index in [1.165, 1.54) is 11.3 Å². The maximum atomic E-state index is 12.7. The number of nitrogens with one attached hydrogen (secondary N) is 1. The zero-order valence-electron chi connectivity index (χ0n) is 14.7. The number of halogens is 1. The SMILES string of the molecule is CCCOc1ccc(Br)cc1-c1nc2sc(-c3ccccc3)cc2c(=O)[nH]1. The highest BCUT2D eigenvalue weighted by molar-refractivity contribution is 9.10. The van der Waals surface area contributed by atoms with Crippen molar-refractivity contribution in [2.24, 2.45) is 0 Å². The van der Waals surface area contributed by atoms with Crippen molar-refractivity contribution >= 4 is 37.5 Å². The van der Waals surface area contributed by atoms with Crippen LogP contribution < -0.4 is 10.3 Å². The summed E-state index contributed by atoms with van der Waals surface area (Å²) in [7, 11) is 0. The number of thiophene rings is 1. The summed E-state index contributed by atoms with van der Waals surface area (Å²) in [6.45, 7) is 2.67. The number of fused-ring (bicyclic) bond motifs is 1. The lowest BCUT2D eigenvalue weighted by molar-refractivity contribution is 0.318. The second-order valence-corrected chi connectivity index (χ2v) is 8.05. The summed E-state index contributed by atoms with van der Waals surface area (Å²) < 4.78 is 6.75. The van der Waals surface area contributed by atoms with Crippen LogP contribution in [-0.4, -0.2) is 16.6 Å². The number of aromatic amines is 1. The molecule has 1 N–H and O–H groups in total. The van der Waals surface area contributed by atoms with Crippen molar-refractivity contribution in [1.29, 1.82) is 0 Å². The highest BCUT2D eigenvalue weighted by Gasteiger charge is 2.14. The maximum absolute atomic E-state index is 12.7. The van der Waals surface area contributed by atoms with E-state index in [0.29, 0.717) is 28.4 Å². The number of benzene rings is 2. The summed E-state index contributed by atoms with van der Waals surface area (Å²) in [5, 5.41) is 0.605. The fourth-order valence-corrected chi connectivity index (χ4v) is 4.23. The average Bonchev–Trinajstić information content (AvgIpc) is 3.12. The van der Waals surface area contributed by atoms with Gasteiger partial charge >= 0.3 is 0 Å². The highest BCUT2D eigenvalue weighted by Crippen LogP contribution is 2.34. The molecule has 0 fully saturated rings. The Morgan fingerprint density at radius 2 is 1.96 bits per heavy atom. The van der Waals surface area contributed by atoms with Gasteiger partial charge in [0.05, 0.1) is 17.6 Å². The molecule has 136 valence electrons. The third kappa shape index (κ3) is 3.68. The predicted molar refractivity (Wildman–Crippen MR) is 115 cm³/mol. The smallest absolute Gasteiger partial charge is 0.259 e. The number of aromatic nitrogens is 2. The van der Waals surface area contributed by atoms with Crippen LogP contribution >= 0.6 is 27.3 Å². The van der Waals surface area contributed by atoms with Gasteiger partial charge in [0.15, 0.2) is 0 Å². The number of ether oxygens (including phenoxy) is 1. The number of hydrogen-bond acceptors (Lipinski definition) is 4. The largest absolute Gasteiger partial charge is 0.493 e. The van der Waals surface area contributed by atoms with Gasteiger partial charge in [-0.15, -0.1) is 11.3 Å². The van der Waals surface area contributed by atoms with E-state index in [4.69, 9.17) is 9.72 Å². The van der Waals surface area contributed by atoms with Crippen molar-refractivity contribution in [3.05, 3.63) is 69.4 Å². The summed E-state index contributed by atoms with van der Waals surface area (Å²) >= 11 is 5.01. The van der Waals surface area contributed by atoms with Gasteiger partial charge in [-0.1, -0.05) is 53.2 Å². The standard InChI is InChI=1S/C21H17BrN2O2S/c1-2-10-26-17-9-8-14(22)11-15(17)19-23-20(25)16-12-18(27-21(16)24-19)13-6-4-3-5-7-13/h3-9,11-12H,2,10H2,1H3,(H,23,24,25). The summed E-state index contributed by atoms with van der Waals surface area (Å²) in [6.07, 6.45) is 0.907. The maximum Gasteiger partial charge on any atom is 0.259 e. The Balaban J connectivity index is 1.85. The summed E-state index contributed by atoms with van der Waals surface area (Å²) in [4.78, 5) is 22.1. The van der Waals surface area contributed by atoms with E-state index in [1.807, 2.05) is 54.6 Å². The van der Waals surface area contributed by atoms with Crippen LogP contribution in [0.5, 0.6) is 5.75 Å². The van der Waals surface area contributed by atoms with Crippen molar-refractivity contribution in [3.8, 4) is 27.6 Å². The molecule has 0 aliphatic rings. The molecular weight excluding hydrogens is 424 g/mol. The molecule has 0 amide bonds. The molecule has 0 atom stereocenters. The van der Waals surface area contributed by atoms with Gasteiger partial charge in [-0.25, -0.2) is 4.98 Å². The molecule has 4 nitrogen and oxygen atoms in total. The second-order valence-electron chi connectivity index (χ2n) is 6.10. The minimum atomic E-state index is -0.144. The fraction of sp³-hybridized carbons (Fsp3) is 0.143. The first-order valence-electron chi connectivity index (χ1n) is 8.67. The number of rotatable bonds is 5. The molecule has 2 heterocycles. The minimum Gasteiger partial charge on any atom is -0.493 e. The number of hydrogen-bond donors (Lipinski definition) is 1. The van der Waals surface area contributed by atoms with Crippen LogP contribution in [-0.2, 0) is 0 Å². The van der Waals surface area contributed by atoms with E-state index in [-0.39, 0.29) is 5.56 Å². The Morgan fingerprint density at radius 1 is 1.15 bits per heavy atom. The molecule has 6 heteroatoms. The second kappa shape index (κ2) is 7.66. The van der Waals surface area contributed by atoms with Crippen LogP contribution in [0, 0.1) is 0 Å². The van der Waals surface area contributed by atoms with Crippen molar-refractivity contribution in [2.75, 3.05) is 6.61 Å². The van der Waals surface area contributed by atoms with Crippen LogP contribution in [0.2, 0.25) is 0 Å². The first-order valence-corrected chi connectivity index (χ1v) is 10.3. The molecule has 4 rings (SSSR count). The molecule has 0 aliphatic heterocycles. The first-order chi connectivity index (χ1) is 13.2. The van der Waals surface area contributed by atoms with E-state index in [1.54, 1.807) is 0 Å². The minimum absolute atomic E-state index is 0.144. The molecule has 0 bridgehead atoms. The molecule has 0 aliphatic carbocycles. The van der Waals surface area contributed by atoms with Crippen molar-refractivity contribution in [1.82, 2.24) is 9.97 Å². The zero-order chi connectivity index (χ0) is 18.8. The molecule has 2 aromatic carbocycles. The van der Waals surface area contributed by atoms with Crippen LogP contribution in [0.4, 0.5) is 0 Å².